The van der Waals surface area contributed by atoms with Gasteiger partial charge in [0.25, 0.3) is 0 Å². The topological polar surface area (TPSA) is 103 Å². The Morgan fingerprint density at radius 3 is 2.58 bits per heavy atom. The molecule has 0 fully saturated rings. The molecule has 1 rings (SSSR count). The smallest absolute Gasteiger partial charge is 0.226 e. The number of amidine groups is 1. The van der Waals surface area contributed by atoms with Crippen molar-refractivity contribution in [2.45, 2.75) is 13.8 Å². The van der Waals surface area contributed by atoms with Gasteiger partial charge in [0, 0.05) is 17.2 Å². The minimum atomic E-state index is -0.103. The van der Waals surface area contributed by atoms with E-state index in [9.17, 15) is 4.79 Å². The molecule has 5 nitrogen and oxygen atoms in total. The summed E-state index contributed by atoms with van der Waals surface area (Å²) in [5, 5.41) is 17.7. The van der Waals surface area contributed by atoms with E-state index in [1.807, 2.05) is 13.8 Å². The second-order valence-corrected chi connectivity index (χ2v) is 4.43. The summed E-state index contributed by atoms with van der Waals surface area (Å²) in [5.74, 6) is -0.266. The first-order chi connectivity index (χ1) is 8.90. The van der Waals surface area contributed by atoms with Crippen molar-refractivity contribution in [3.63, 3.8) is 0 Å². The second-order valence-electron chi connectivity index (χ2n) is 4.43. The lowest BCUT2D eigenvalue weighted by atomic mass is 10.1. The van der Waals surface area contributed by atoms with Crippen molar-refractivity contribution >= 4 is 23.1 Å². The van der Waals surface area contributed by atoms with Crippen LogP contribution >= 0.6 is 0 Å². The van der Waals surface area contributed by atoms with Gasteiger partial charge in [0.1, 0.15) is 5.84 Å². The van der Waals surface area contributed by atoms with Gasteiger partial charge in [0.05, 0.1) is 5.71 Å². The van der Waals surface area contributed by atoms with Crippen molar-refractivity contribution in [1.29, 1.82) is 10.8 Å². The van der Waals surface area contributed by atoms with Gasteiger partial charge in [0.15, 0.2) is 0 Å². The number of nitrogens with one attached hydrogen (secondary N) is 3. The zero-order chi connectivity index (χ0) is 14.4. The van der Waals surface area contributed by atoms with E-state index in [0.717, 1.165) is 0 Å². The van der Waals surface area contributed by atoms with E-state index in [4.69, 9.17) is 16.6 Å². The van der Waals surface area contributed by atoms with Crippen molar-refractivity contribution in [3.05, 3.63) is 42.0 Å². The van der Waals surface area contributed by atoms with Gasteiger partial charge in [-0.15, -0.1) is 0 Å². The molecule has 0 saturated carbocycles. The van der Waals surface area contributed by atoms with Crippen LogP contribution in [-0.4, -0.2) is 17.5 Å². The molecule has 5 N–H and O–H groups in total. The Balaban J connectivity index is 2.85. The third-order valence-corrected chi connectivity index (χ3v) is 2.40. The van der Waals surface area contributed by atoms with Gasteiger partial charge in [-0.2, -0.15) is 0 Å². The maximum absolute atomic E-state index is 11.6. The lowest BCUT2D eigenvalue weighted by molar-refractivity contribution is -0.118. The maximum atomic E-state index is 11.6. The molecule has 1 aromatic rings. The highest BCUT2D eigenvalue weighted by atomic mass is 16.1. The highest BCUT2D eigenvalue weighted by molar-refractivity contribution is 6.10. The van der Waals surface area contributed by atoms with Crippen molar-refractivity contribution < 1.29 is 4.79 Å². The molecule has 0 bridgehead atoms. The molecule has 1 amide bonds. The summed E-state index contributed by atoms with van der Waals surface area (Å²) in [6.45, 7) is 3.63. The van der Waals surface area contributed by atoms with Gasteiger partial charge in [-0.05, 0) is 24.3 Å². The van der Waals surface area contributed by atoms with Crippen LogP contribution in [0.1, 0.15) is 19.4 Å². The first-order valence-electron chi connectivity index (χ1n) is 5.92. The van der Waals surface area contributed by atoms with E-state index >= 15 is 0 Å². The van der Waals surface area contributed by atoms with E-state index in [1.165, 1.54) is 12.2 Å². The first kappa shape index (κ1) is 14.6. The summed E-state index contributed by atoms with van der Waals surface area (Å²) in [7, 11) is 0. The summed E-state index contributed by atoms with van der Waals surface area (Å²) < 4.78 is 0. The van der Waals surface area contributed by atoms with Crippen LogP contribution in [-0.2, 0) is 4.79 Å². The van der Waals surface area contributed by atoms with Crippen LogP contribution in [0, 0.1) is 16.7 Å². The average molecular weight is 258 g/mol. The van der Waals surface area contributed by atoms with E-state index in [-0.39, 0.29) is 23.4 Å². The van der Waals surface area contributed by atoms with E-state index in [0.29, 0.717) is 11.3 Å². The van der Waals surface area contributed by atoms with E-state index in [1.54, 1.807) is 24.3 Å². The molecule has 0 radical (unpaired) electrons. The van der Waals surface area contributed by atoms with Gasteiger partial charge in [-0.3, -0.25) is 10.2 Å². The normalized spacial score (nSPS) is 10.7. The second kappa shape index (κ2) is 6.49. The Kier molecular flexibility index (Phi) is 5.00. The van der Waals surface area contributed by atoms with Crippen molar-refractivity contribution in [2.24, 2.45) is 11.7 Å². The molecular weight excluding hydrogens is 240 g/mol. The van der Waals surface area contributed by atoms with Crippen LogP contribution in [0.15, 0.2) is 36.4 Å². The van der Waals surface area contributed by atoms with Gasteiger partial charge >= 0.3 is 0 Å². The number of carbonyl (C=O) groups excluding carboxylic acids is 1. The quantitative estimate of drug-likeness (QED) is 0.480. The van der Waals surface area contributed by atoms with Crippen molar-refractivity contribution in [3.8, 4) is 0 Å². The third-order valence-electron chi connectivity index (χ3n) is 2.40. The fourth-order valence-electron chi connectivity index (χ4n) is 1.32. The van der Waals surface area contributed by atoms with Gasteiger partial charge in [-0.1, -0.05) is 26.0 Å². The molecule has 0 aliphatic carbocycles. The van der Waals surface area contributed by atoms with Gasteiger partial charge in [0.2, 0.25) is 5.91 Å². The van der Waals surface area contributed by atoms with Crippen molar-refractivity contribution in [1.82, 2.24) is 0 Å². The SMILES string of the molecule is CC(C)C(=O)Nc1cccc(C(=N)/C=C\C(=N)N)c1. The zero-order valence-corrected chi connectivity index (χ0v) is 11.0. The first-order valence-corrected chi connectivity index (χ1v) is 5.92. The molecule has 1 aromatic carbocycles. The molecule has 5 heteroatoms. The molecule has 100 valence electrons. The lowest BCUT2D eigenvalue weighted by Crippen LogP contribution is -2.17. The molecular formula is C14H18N4O. The molecule has 0 aliphatic rings. The minimum Gasteiger partial charge on any atom is -0.384 e. The Bertz CT molecular complexity index is 532. The van der Waals surface area contributed by atoms with E-state index in [2.05, 4.69) is 5.32 Å². The maximum Gasteiger partial charge on any atom is 0.226 e. The van der Waals surface area contributed by atoms with Crippen LogP contribution in [0.2, 0.25) is 0 Å². The van der Waals surface area contributed by atoms with Crippen LogP contribution in [0.4, 0.5) is 5.69 Å². The molecule has 0 spiro atoms. The van der Waals surface area contributed by atoms with Gasteiger partial charge < -0.3 is 16.5 Å². The molecule has 0 saturated heterocycles. The monoisotopic (exact) mass is 258 g/mol. The summed E-state index contributed by atoms with van der Waals surface area (Å²) in [6.07, 6.45) is 2.80. The van der Waals surface area contributed by atoms with E-state index < -0.39 is 0 Å². The molecule has 0 aromatic heterocycles. The molecule has 19 heavy (non-hydrogen) atoms. The highest BCUT2D eigenvalue weighted by Gasteiger charge is 2.07. The van der Waals surface area contributed by atoms with Crippen LogP contribution in [0.3, 0.4) is 0 Å². The Labute approximate surface area is 112 Å². The summed E-state index contributed by atoms with van der Waals surface area (Å²) in [4.78, 5) is 11.6. The number of rotatable bonds is 5. The number of hydrogen-bond donors (Lipinski definition) is 4. The lowest BCUT2D eigenvalue weighted by Gasteiger charge is -2.08. The number of allylic oxidation sites excluding steroid dienone is 1. The summed E-state index contributed by atoms with van der Waals surface area (Å²) >= 11 is 0. The largest absolute Gasteiger partial charge is 0.384 e. The summed E-state index contributed by atoms with van der Waals surface area (Å²) in [5.41, 5.74) is 6.73. The minimum absolute atomic E-state index is 0.0667. The van der Waals surface area contributed by atoms with Crippen LogP contribution in [0.25, 0.3) is 0 Å². The number of anilines is 1. The number of carbonyl (C=O) groups is 1. The van der Waals surface area contributed by atoms with Gasteiger partial charge in [-0.25, -0.2) is 0 Å². The molecule has 0 atom stereocenters. The fraction of sp³-hybridized carbons (Fsp3) is 0.214. The Morgan fingerprint density at radius 2 is 2.00 bits per heavy atom. The van der Waals surface area contributed by atoms with Crippen LogP contribution < -0.4 is 11.1 Å². The van der Waals surface area contributed by atoms with Crippen LogP contribution in [0.5, 0.6) is 0 Å². The standard InChI is InChI=1S/C14H18N4O/c1-9(2)14(19)18-11-5-3-4-10(8-11)12(15)6-7-13(16)17/h3-9,15H,1-2H3,(H3,16,17)(H,18,19)/b7-6-,15-12?. The fourth-order valence-corrected chi connectivity index (χ4v) is 1.32. The average Bonchev–Trinajstić information content (AvgIpc) is 2.36. The number of nitrogens with two attached hydrogens (primary N) is 1. The zero-order valence-electron chi connectivity index (χ0n) is 11.0. The highest BCUT2D eigenvalue weighted by Crippen LogP contribution is 2.12. The predicted molar refractivity (Wildman–Crippen MR) is 77.8 cm³/mol. The van der Waals surface area contributed by atoms with Crippen molar-refractivity contribution in [2.75, 3.05) is 5.32 Å². The Hall–Kier alpha value is -2.43. The number of hydrogen-bond acceptors (Lipinski definition) is 3. The number of benzene rings is 1. The molecule has 0 unspecified atom stereocenters. The summed E-state index contributed by atoms with van der Waals surface area (Å²) in [6, 6.07) is 7.01. The Morgan fingerprint density at radius 1 is 1.32 bits per heavy atom. The third kappa shape index (κ3) is 4.75. The predicted octanol–water partition coefficient (Wildman–Crippen LogP) is 2.14. The molecule has 0 aliphatic heterocycles. The number of amides is 1. The molecule has 0 heterocycles.